The number of nitrogens with one attached hydrogen (secondary N) is 2. The molecular formula is C14H23N5. The summed E-state index contributed by atoms with van der Waals surface area (Å²) in [5, 5.41) is 6.96. The Morgan fingerprint density at radius 3 is 2.58 bits per heavy atom. The van der Waals surface area contributed by atoms with Gasteiger partial charge in [0.15, 0.2) is 0 Å². The third-order valence-electron chi connectivity index (χ3n) is 4.03. The van der Waals surface area contributed by atoms with E-state index < -0.39 is 0 Å². The van der Waals surface area contributed by atoms with Gasteiger partial charge < -0.3 is 10.6 Å². The van der Waals surface area contributed by atoms with E-state index in [1.54, 1.807) is 0 Å². The van der Waals surface area contributed by atoms with E-state index in [2.05, 4.69) is 37.6 Å². The van der Waals surface area contributed by atoms with Gasteiger partial charge in [-0.2, -0.15) is 0 Å². The highest BCUT2D eigenvalue weighted by atomic mass is 15.4. The number of pyridine rings is 1. The third-order valence-corrected chi connectivity index (χ3v) is 4.03. The lowest BCUT2D eigenvalue weighted by Crippen LogP contribution is -2.62. The lowest BCUT2D eigenvalue weighted by Gasteiger charge is -2.44. The summed E-state index contributed by atoms with van der Waals surface area (Å²) >= 11 is 0. The highest BCUT2D eigenvalue weighted by molar-refractivity contribution is 5.09. The van der Waals surface area contributed by atoms with Crippen LogP contribution in [0.15, 0.2) is 24.5 Å². The van der Waals surface area contributed by atoms with Gasteiger partial charge in [0.2, 0.25) is 0 Å². The molecule has 2 saturated heterocycles. The molecule has 0 spiro atoms. The molecule has 0 radical (unpaired) electrons. The fourth-order valence-electron chi connectivity index (χ4n) is 2.98. The molecule has 1 unspecified atom stereocenters. The van der Waals surface area contributed by atoms with Crippen molar-refractivity contribution in [3.05, 3.63) is 30.1 Å². The monoisotopic (exact) mass is 261 g/mol. The Kier molecular flexibility index (Phi) is 4.40. The summed E-state index contributed by atoms with van der Waals surface area (Å²) in [6.07, 6.45) is 4.30. The second-order valence-electron chi connectivity index (χ2n) is 5.30. The summed E-state index contributed by atoms with van der Waals surface area (Å²) in [5.41, 5.74) is 1.36. The van der Waals surface area contributed by atoms with Crippen LogP contribution in [0.3, 0.4) is 0 Å². The number of nitrogens with zero attached hydrogens (tertiary/aromatic N) is 3. The maximum atomic E-state index is 4.10. The molecule has 0 amide bonds. The molecule has 0 bridgehead atoms. The van der Waals surface area contributed by atoms with Gasteiger partial charge in [0.1, 0.15) is 0 Å². The first-order valence-corrected chi connectivity index (χ1v) is 7.22. The second-order valence-corrected chi connectivity index (χ2v) is 5.30. The quantitative estimate of drug-likeness (QED) is 0.783. The van der Waals surface area contributed by atoms with Gasteiger partial charge in [0, 0.05) is 64.8 Å². The van der Waals surface area contributed by atoms with E-state index in [4.69, 9.17) is 0 Å². The molecule has 1 aromatic heterocycles. The first kappa shape index (κ1) is 13.0. The molecule has 19 heavy (non-hydrogen) atoms. The van der Waals surface area contributed by atoms with E-state index in [1.165, 1.54) is 5.56 Å². The Labute approximate surface area is 115 Å². The zero-order valence-corrected chi connectivity index (χ0v) is 11.4. The predicted octanol–water partition coefficient (Wildman–Crippen LogP) is -0.282. The average molecular weight is 261 g/mol. The Bertz CT molecular complexity index is 377. The van der Waals surface area contributed by atoms with E-state index in [9.17, 15) is 0 Å². The average Bonchev–Trinajstić information content (AvgIpc) is 2.50. The van der Waals surface area contributed by atoms with Gasteiger partial charge in [-0.05, 0) is 17.7 Å². The van der Waals surface area contributed by atoms with Crippen LogP contribution in [0.4, 0.5) is 0 Å². The molecule has 0 aromatic carbocycles. The van der Waals surface area contributed by atoms with E-state index in [1.807, 2.05) is 12.4 Å². The fraction of sp³-hybridized carbons (Fsp3) is 0.643. The number of rotatable bonds is 3. The molecule has 2 aliphatic rings. The molecule has 1 aromatic rings. The van der Waals surface area contributed by atoms with Crippen LogP contribution in [0, 0.1) is 0 Å². The van der Waals surface area contributed by atoms with Crippen LogP contribution in [0.5, 0.6) is 0 Å². The molecule has 0 aliphatic carbocycles. The zero-order chi connectivity index (χ0) is 12.9. The number of hydrogen-bond donors (Lipinski definition) is 2. The first-order chi connectivity index (χ1) is 9.43. The summed E-state index contributed by atoms with van der Waals surface area (Å²) in [5.74, 6) is 0. The number of aromatic nitrogens is 1. The summed E-state index contributed by atoms with van der Waals surface area (Å²) in [4.78, 5) is 9.29. The van der Waals surface area contributed by atoms with Crippen LogP contribution in [-0.2, 0) is 6.54 Å². The van der Waals surface area contributed by atoms with Gasteiger partial charge in [-0.25, -0.2) is 0 Å². The van der Waals surface area contributed by atoms with Crippen LogP contribution in [0.1, 0.15) is 5.56 Å². The van der Waals surface area contributed by atoms with Crippen molar-refractivity contribution < 1.29 is 0 Å². The standard InChI is InChI=1S/C14H23N5/c1-3-15-4-2-13(1)12-19-10-7-17-11-14(19)18-8-5-16-6-9-18/h1-4,14,16-17H,5-12H2. The molecule has 2 fully saturated rings. The van der Waals surface area contributed by atoms with Crippen LogP contribution < -0.4 is 10.6 Å². The smallest absolute Gasteiger partial charge is 0.0755 e. The Hall–Kier alpha value is -1.01. The minimum atomic E-state index is 0.531. The maximum Gasteiger partial charge on any atom is 0.0755 e. The van der Waals surface area contributed by atoms with Crippen molar-refractivity contribution in [2.24, 2.45) is 0 Å². The van der Waals surface area contributed by atoms with Gasteiger partial charge in [0.05, 0.1) is 6.17 Å². The van der Waals surface area contributed by atoms with Crippen LogP contribution in [-0.4, -0.2) is 66.8 Å². The molecule has 5 nitrogen and oxygen atoms in total. The fourth-order valence-corrected chi connectivity index (χ4v) is 2.98. The zero-order valence-electron chi connectivity index (χ0n) is 11.4. The Balaban J connectivity index is 1.66. The Morgan fingerprint density at radius 2 is 1.79 bits per heavy atom. The van der Waals surface area contributed by atoms with E-state index in [0.717, 1.165) is 52.4 Å². The maximum absolute atomic E-state index is 4.10. The number of piperazine rings is 2. The molecule has 2 aliphatic heterocycles. The van der Waals surface area contributed by atoms with Crippen molar-refractivity contribution in [1.29, 1.82) is 0 Å². The van der Waals surface area contributed by atoms with Crippen LogP contribution >= 0.6 is 0 Å². The lowest BCUT2D eigenvalue weighted by molar-refractivity contribution is 0.0115. The minimum Gasteiger partial charge on any atom is -0.314 e. The van der Waals surface area contributed by atoms with Gasteiger partial charge >= 0.3 is 0 Å². The molecular weight excluding hydrogens is 238 g/mol. The van der Waals surface area contributed by atoms with Gasteiger partial charge in [-0.15, -0.1) is 0 Å². The highest BCUT2D eigenvalue weighted by Gasteiger charge is 2.28. The van der Waals surface area contributed by atoms with E-state index in [0.29, 0.717) is 6.17 Å². The molecule has 0 saturated carbocycles. The Morgan fingerprint density at radius 1 is 1.05 bits per heavy atom. The number of hydrogen-bond acceptors (Lipinski definition) is 5. The normalized spacial score (nSPS) is 26.4. The minimum absolute atomic E-state index is 0.531. The van der Waals surface area contributed by atoms with Gasteiger partial charge in [-0.1, -0.05) is 0 Å². The van der Waals surface area contributed by atoms with Crippen molar-refractivity contribution >= 4 is 0 Å². The molecule has 5 heteroatoms. The van der Waals surface area contributed by atoms with Crippen molar-refractivity contribution in [2.75, 3.05) is 45.8 Å². The summed E-state index contributed by atoms with van der Waals surface area (Å²) < 4.78 is 0. The topological polar surface area (TPSA) is 43.4 Å². The summed E-state index contributed by atoms with van der Waals surface area (Å²) in [6.45, 7) is 8.84. The third kappa shape index (κ3) is 3.30. The summed E-state index contributed by atoms with van der Waals surface area (Å²) in [6, 6.07) is 4.24. The molecule has 2 N–H and O–H groups in total. The predicted molar refractivity (Wildman–Crippen MR) is 75.7 cm³/mol. The SMILES string of the molecule is c1cc(CN2CCNCC2N2CCNCC2)ccn1. The summed E-state index contributed by atoms with van der Waals surface area (Å²) in [7, 11) is 0. The lowest BCUT2D eigenvalue weighted by atomic mass is 10.2. The van der Waals surface area contributed by atoms with Crippen LogP contribution in [0.25, 0.3) is 0 Å². The molecule has 1 atom stereocenters. The van der Waals surface area contributed by atoms with Crippen molar-refractivity contribution in [3.63, 3.8) is 0 Å². The van der Waals surface area contributed by atoms with E-state index in [-0.39, 0.29) is 0 Å². The van der Waals surface area contributed by atoms with Crippen molar-refractivity contribution in [1.82, 2.24) is 25.4 Å². The van der Waals surface area contributed by atoms with Crippen molar-refractivity contribution in [3.8, 4) is 0 Å². The highest BCUT2D eigenvalue weighted by Crippen LogP contribution is 2.13. The van der Waals surface area contributed by atoms with Gasteiger partial charge in [0.25, 0.3) is 0 Å². The first-order valence-electron chi connectivity index (χ1n) is 7.22. The molecule has 3 rings (SSSR count). The van der Waals surface area contributed by atoms with Crippen molar-refractivity contribution in [2.45, 2.75) is 12.7 Å². The molecule has 104 valence electrons. The second kappa shape index (κ2) is 6.43. The largest absolute Gasteiger partial charge is 0.314 e. The molecule has 3 heterocycles. The van der Waals surface area contributed by atoms with Crippen LogP contribution in [0.2, 0.25) is 0 Å². The van der Waals surface area contributed by atoms with E-state index >= 15 is 0 Å². The van der Waals surface area contributed by atoms with Gasteiger partial charge in [-0.3, -0.25) is 14.8 Å².